The van der Waals surface area contributed by atoms with Crippen LogP contribution in [0.4, 0.5) is 0 Å². The van der Waals surface area contributed by atoms with Gasteiger partial charge in [0.2, 0.25) is 0 Å². The summed E-state index contributed by atoms with van der Waals surface area (Å²) in [5.41, 5.74) is 6.03. The van der Waals surface area contributed by atoms with Crippen molar-refractivity contribution in [2.75, 3.05) is 0 Å². The van der Waals surface area contributed by atoms with E-state index in [2.05, 4.69) is 11.9 Å². The number of nitrogens with two attached hydrogens (primary N) is 1. The summed E-state index contributed by atoms with van der Waals surface area (Å²) in [7, 11) is 0. The normalized spacial score (nSPS) is 26.8. The number of hydrogen-bond acceptors (Lipinski definition) is 1. The van der Waals surface area contributed by atoms with E-state index in [4.69, 9.17) is 5.73 Å². The van der Waals surface area contributed by atoms with Crippen LogP contribution in [0, 0.1) is 11.8 Å². The quantitative estimate of drug-likeness (QED) is 0.542. The first-order valence-electron chi connectivity index (χ1n) is 6.09. The van der Waals surface area contributed by atoms with Crippen molar-refractivity contribution >= 4 is 5.84 Å². The van der Waals surface area contributed by atoms with E-state index in [1.54, 1.807) is 0 Å². The predicted octanol–water partition coefficient (Wildman–Crippen LogP) is 2.72. The molecule has 0 amide bonds. The van der Waals surface area contributed by atoms with Crippen LogP contribution < -0.4 is 5.73 Å². The smallest absolute Gasteiger partial charge is 0.0971 e. The van der Waals surface area contributed by atoms with Crippen LogP contribution in [0.1, 0.15) is 51.9 Å². The molecule has 0 heterocycles. The van der Waals surface area contributed by atoms with Crippen LogP contribution in [0.3, 0.4) is 0 Å². The largest absolute Gasteiger partial charge is 0.387 e. The fraction of sp³-hybridized carbons (Fsp3) is 0.917. The van der Waals surface area contributed by atoms with Crippen molar-refractivity contribution in [3.8, 4) is 0 Å². The highest BCUT2D eigenvalue weighted by Gasteiger charge is 2.24. The van der Waals surface area contributed by atoms with Crippen molar-refractivity contribution in [2.24, 2.45) is 22.6 Å². The molecule has 2 N–H and O–H groups in total. The third-order valence-electron chi connectivity index (χ3n) is 3.51. The van der Waals surface area contributed by atoms with Crippen molar-refractivity contribution in [3.63, 3.8) is 0 Å². The van der Waals surface area contributed by atoms with E-state index in [0.29, 0.717) is 12.0 Å². The molecule has 80 valence electrons. The average molecular weight is 194 g/mol. The van der Waals surface area contributed by atoms with Gasteiger partial charge in [-0.3, -0.25) is 4.99 Å². The molecule has 0 aliphatic heterocycles. The Balaban J connectivity index is 1.80. The van der Waals surface area contributed by atoms with Gasteiger partial charge in [-0.05, 0) is 32.1 Å². The Morgan fingerprint density at radius 2 is 1.93 bits per heavy atom. The Hall–Kier alpha value is -0.530. The Bertz CT molecular complexity index is 212. The number of rotatable bonds is 4. The van der Waals surface area contributed by atoms with Gasteiger partial charge in [-0.15, -0.1) is 0 Å². The molecule has 2 fully saturated rings. The minimum absolute atomic E-state index is 0.461. The first-order chi connectivity index (χ1) is 6.75. The second-order valence-corrected chi connectivity index (χ2v) is 5.06. The maximum atomic E-state index is 6.03. The van der Waals surface area contributed by atoms with Gasteiger partial charge in [0, 0.05) is 12.0 Å². The zero-order valence-corrected chi connectivity index (χ0v) is 9.21. The highest BCUT2D eigenvalue weighted by atomic mass is 14.9. The third-order valence-corrected chi connectivity index (χ3v) is 3.51. The Morgan fingerprint density at radius 1 is 1.29 bits per heavy atom. The van der Waals surface area contributed by atoms with E-state index in [1.807, 2.05) is 0 Å². The van der Waals surface area contributed by atoms with Crippen molar-refractivity contribution in [3.05, 3.63) is 0 Å². The molecular weight excluding hydrogens is 172 g/mol. The third kappa shape index (κ3) is 2.73. The van der Waals surface area contributed by atoms with E-state index in [0.717, 1.165) is 11.8 Å². The lowest BCUT2D eigenvalue weighted by Gasteiger charge is -2.11. The van der Waals surface area contributed by atoms with Gasteiger partial charge in [0.15, 0.2) is 0 Å². The molecule has 14 heavy (non-hydrogen) atoms. The van der Waals surface area contributed by atoms with E-state index in [1.165, 1.54) is 44.9 Å². The molecule has 2 aliphatic carbocycles. The highest BCUT2D eigenvalue weighted by molar-refractivity contribution is 5.83. The lowest BCUT2D eigenvalue weighted by Crippen LogP contribution is -2.23. The van der Waals surface area contributed by atoms with Gasteiger partial charge >= 0.3 is 0 Å². The first-order valence-corrected chi connectivity index (χ1v) is 6.09. The van der Waals surface area contributed by atoms with E-state index in [9.17, 15) is 0 Å². The van der Waals surface area contributed by atoms with Gasteiger partial charge in [-0.1, -0.05) is 25.7 Å². The number of nitrogens with zero attached hydrogens (tertiary/aromatic N) is 1. The second-order valence-electron chi connectivity index (χ2n) is 5.06. The van der Waals surface area contributed by atoms with Gasteiger partial charge in [0.25, 0.3) is 0 Å². The molecule has 0 spiro atoms. The molecule has 2 heteroatoms. The van der Waals surface area contributed by atoms with Gasteiger partial charge in [0.05, 0.1) is 5.84 Å². The average Bonchev–Trinajstić information content (AvgIpc) is 2.80. The lowest BCUT2D eigenvalue weighted by molar-refractivity contribution is 0.601. The summed E-state index contributed by atoms with van der Waals surface area (Å²) in [6, 6.07) is 0.461. The molecule has 2 aliphatic rings. The standard InChI is InChI=1S/C12H22N2/c1-9(8-10-6-7-10)14-12(13)11-4-2-3-5-11/h9-11H,2-8H2,1H3,(H2,13,14). The monoisotopic (exact) mass is 194 g/mol. The summed E-state index contributed by atoms with van der Waals surface area (Å²) in [4.78, 5) is 4.63. The predicted molar refractivity (Wildman–Crippen MR) is 60.4 cm³/mol. The highest BCUT2D eigenvalue weighted by Crippen LogP contribution is 2.34. The summed E-state index contributed by atoms with van der Waals surface area (Å²) >= 11 is 0. The molecule has 0 saturated heterocycles. The van der Waals surface area contributed by atoms with Crippen molar-refractivity contribution in [2.45, 2.75) is 57.9 Å². The van der Waals surface area contributed by atoms with Crippen molar-refractivity contribution in [1.29, 1.82) is 0 Å². The maximum Gasteiger partial charge on any atom is 0.0971 e. The zero-order valence-electron chi connectivity index (χ0n) is 9.21. The lowest BCUT2D eigenvalue weighted by atomic mass is 10.1. The molecule has 0 aromatic heterocycles. The maximum absolute atomic E-state index is 6.03. The summed E-state index contributed by atoms with van der Waals surface area (Å²) in [6.07, 6.45) is 9.33. The van der Waals surface area contributed by atoms with E-state index < -0.39 is 0 Å². The summed E-state index contributed by atoms with van der Waals surface area (Å²) in [5.74, 6) is 2.51. The van der Waals surface area contributed by atoms with Crippen LogP contribution in [-0.4, -0.2) is 11.9 Å². The number of hydrogen-bond donors (Lipinski definition) is 1. The first kappa shape index (κ1) is 10.0. The van der Waals surface area contributed by atoms with Crippen LogP contribution >= 0.6 is 0 Å². The molecule has 0 bridgehead atoms. The molecule has 2 nitrogen and oxygen atoms in total. The Morgan fingerprint density at radius 3 is 2.50 bits per heavy atom. The van der Waals surface area contributed by atoms with Crippen molar-refractivity contribution in [1.82, 2.24) is 0 Å². The fourth-order valence-electron chi connectivity index (χ4n) is 2.47. The number of aliphatic imine (C=N–C) groups is 1. The van der Waals surface area contributed by atoms with Crippen LogP contribution in [-0.2, 0) is 0 Å². The molecule has 1 unspecified atom stereocenters. The topological polar surface area (TPSA) is 38.4 Å². The van der Waals surface area contributed by atoms with E-state index >= 15 is 0 Å². The minimum Gasteiger partial charge on any atom is -0.387 e. The van der Waals surface area contributed by atoms with E-state index in [-0.39, 0.29) is 0 Å². The molecule has 0 aromatic rings. The molecule has 2 saturated carbocycles. The summed E-state index contributed by atoms with van der Waals surface area (Å²) in [5, 5.41) is 0. The van der Waals surface area contributed by atoms with Gasteiger partial charge < -0.3 is 5.73 Å². The van der Waals surface area contributed by atoms with Crippen LogP contribution in [0.2, 0.25) is 0 Å². The summed E-state index contributed by atoms with van der Waals surface area (Å²) in [6.45, 7) is 2.21. The Labute approximate surface area is 87.0 Å². The number of amidine groups is 1. The minimum atomic E-state index is 0.461. The fourth-order valence-corrected chi connectivity index (χ4v) is 2.47. The molecule has 0 aromatic carbocycles. The van der Waals surface area contributed by atoms with Gasteiger partial charge in [-0.25, -0.2) is 0 Å². The summed E-state index contributed by atoms with van der Waals surface area (Å²) < 4.78 is 0. The molecule has 1 atom stereocenters. The van der Waals surface area contributed by atoms with Crippen LogP contribution in [0.5, 0.6) is 0 Å². The van der Waals surface area contributed by atoms with Crippen LogP contribution in [0.15, 0.2) is 4.99 Å². The van der Waals surface area contributed by atoms with Crippen molar-refractivity contribution < 1.29 is 0 Å². The van der Waals surface area contributed by atoms with Gasteiger partial charge in [0.1, 0.15) is 0 Å². The second kappa shape index (κ2) is 4.33. The van der Waals surface area contributed by atoms with Crippen LogP contribution in [0.25, 0.3) is 0 Å². The SMILES string of the molecule is CC(CC1CC1)N=C(N)C1CCCC1. The molecule has 2 rings (SSSR count). The van der Waals surface area contributed by atoms with Gasteiger partial charge in [-0.2, -0.15) is 0 Å². The Kier molecular flexibility index (Phi) is 3.09. The molecular formula is C12H22N2. The molecule has 0 radical (unpaired) electrons. The zero-order chi connectivity index (χ0) is 9.97.